The number of nitrogens with one attached hydrogen (secondary N) is 1. The third-order valence-corrected chi connectivity index (χ3v) is 4.26. The van der Waals surface area contributed by atoms with Gasteiger partial charge >= 0.3 is 5.97 Å². The van der Waals surface area contributed by atoms with E-state index < -0.39 is 5.97 Å². The van der Waals surface area contributed by atoms with Gasteiger partial charge in [0.05, 0.1) is 5.56 Å². The smallest absolute Gasteiger partial charge is 0.343 e. The Labute approximate surface area is 158 Å². The van der Waals surface area contributed by atoms with Crippen molar-refractivity contribution < 1.29 is 14.3 Å². The van der Waals surface area contributed by atoms with Gasteiger partial charge in [-0.2, -0.15) is 0 Å². The molecule has 0 radical (unpaired) electrons. The predicted octanol–water partition coefficient (Wildman–Crippen LogP) is 5.08. The zero-order chi connectivity index (χ0) is 19.4. The minimum absolute atomic E-state index is 0.208. The number of ether oxygens (including phenoxy) is 1. The number of hydrogen-bond acceptors (Lipinski definition) is 3. The summed E-state index contributed by atoms with van der Waals surface area (Å²) in [5, 5.41) is 2.91. The van der Waals surface area contributed by atoms with Gasteiger partial charge in [0.15, 0.2) is 0 Å². The van der Waals surface area contributed by atoms with Crippen molar-refractivity contribution in [3.8, 4) is 5.75 Å². The van der Waals surface area contributed by atoms with E-state index in [-0.39, 0.29) is 5.91 Å². The van der Waals surface area contributed by atoms with Crippen LogP contribution < -0.4 is 10.1 Å². The van der Waals surface area contributed by atoms with E-state index in [1.807, 2.05) is 51.1 Å². The summed E-state index contributed by atoms with van der Waals surface area (Å²) in [5.41, 5.74) is 4.91. The Morgan fingerprint density at radius 2 is 1.33 bits per heavy atom. The Morgan fingerprint density at radius 3 is 2.00 bits per heavy atom. The molecule has 4 nitrogen and oxygen atoms in total. The van der Waals surface area contributed by atoms with Crippen molar-refractivity contribution in [2.24, 2.45) is 0 Å². The van der Waals surface area contributed by atoms with Gasteiger partial charge in [0.1, 0.15) is 5.75 Å². The van der Waals surface area contributed by atoms with E-state index in [0.29, 0.717) is 16.9 Å². The Hall–Kier alpha value is -3.40. The number of aryl methyl sites for hydroxylation is 3. The lowest BCUT2D eigenvalue weighted by Crippen LogP contribution is -2.13. The summed E-state index contributed by atoms with van der Waals surface area (Å²) in [6.45, 7) is 5.88. The maximum Gasteiger partial charge on any atom is 0.343 e. The van der Waals surface area contributed by atoms with E-state index in [2.05, 4.69) is 5.32 Å². The van der Waals surface area contributed by atoms with Crippen LogP contribution in [0.3, 0.4) is 0 Å². The summed E-state index contributed by atoms with van der Waals surface area (Å²) >= 11 is 0. The number of rotatable bonds is 4. The van der Waals surface area contributed by atoms with Gasteiger partial charge in [-0.1, -0.05) is 29.8 Å². The standard InChI is InChI=1S/C23H21NO3/c1-15-5-8-19(9-6-15)23(26)27-20-12-10-18(11-13-20)22(25)24-21-14-16(2)4-7-17(21)3/h4-14H,1-3H3,(H,24,25). The molecular weight excluding hydrogens is 338 g/mol. The summed E-state index contributed by atoms with van der Waals surface area (Å²) in [6, 6.07) is 19.6. The summed E-state index contributed by atoms with van der Waals surface area (Å²) in [4.78, 5) is 24.6. The van der Waals surface area contributed by atoms with Crippen molar-refractivity contribution in [3.63, 3.8) is 0 Å². The van der Waals surface area contributed by atoms with E-state index in [4.69, 9.17) is 4.74 Å². The molecule has 3 aromatic rings. The Bertz CT molecular complexity index is 974. The van der Waals surface area contributed by atoms with Crippen LogP contribution in [0.15, 0.2) is 66.7 Å². The molecule has 0 aromatic heterocycles. The number of esters is 1. The average Bonchev–Trinajstić information content (AvgIpc) is 2.65. The van der Waals surface area contributed by atoms with Crippen LogP contribution >= 0.6 is 0 Å². The highest BCUT2D eigenvalue weighted by Crippen LogP contribution is 2.19. The van der Waals surface area contributed by atoms with Crippen LogP contribution in [-0.2, 0) is 0 Å². The van der Waals surface area contributed by atoms with Gasteiger partial charge in [-0.25, -0.2) is 4.79 Å². The van der Waals surface area contributed by atoms with Crippen LogP contribution in [0.2, 0.25) is 0 Å². The van der Waals surface area contributed by atoms with Crippen molar-refractivity contribution >= 4 is 17.6 Å². The number of anilines is 1. The zero-order valence-electron chi connectivity index (χ0n) is 15.6. The molecule has 0 unspecified atom stereocenters. The van der Waals surface area contributed by atoms with Gasteiger partial charge in [-0.15, -0.1) is 0 Å². The molecule has 4 heteroatoms. The fourth-order valence-electron chi connectivity index (χ4n) is 2.59. The lowest BCUT2D eigenvalue weighted by molar-refractivity contribution is 0.0734. The van der Waals surface area contributed by atoms with Gasteiger partial charge in [-0.05, 0) is 74.4 Å². The molecule has 0 heterocycles. The van der Waals surface area contributed by atoms with Crippen LogP contribution in [0.25, 0.3) is 0 Å². The molecule has 3 aromatic carbocycles. The molecule has 0 aliphatic heterocycles. The highest BCUT2D eigenvalue weighted by molar-refractivity contribution is 6.04. The van der Waals surface area contributed by atoms with E-state index in [9.17, 15) is 9.59 Å². The molecule has 27 heavy (non-hydrogen) atoms. The first-order chi connectivity index (χ1) is 12.9. The van der Waals surface area contributed by atoms with Crippen LogP contribution in [0.4, 0.5) is 5.69 Å². The fourth-order valence-corrected chi connectivity index (χ4v) is 2.59. The molecule has 0 saturated carbocycles. The molecule has 0 bridgehead atoms. The van der Waals surface area contributed by atoms with Gasteiger partial charge in [0.25, 0.3) is 5.91 Å². The monoisotopic (exact) mass is 359 g/mol. The maximum absolute atomic E-state index is 12.4. The fraction of sp³-hybridized carbons (Fsp3) is 0.130. The van der Waals surface area contributed by atoms with E-state index in [0.717, 1.165) is 22.4 Å². The van der Waals surface area contributed by atoms with Crippen LogP contribution in [0.5, 0.6) is 5.75 Å². The molecule has 0 spiro atoms. The Balaban J connectivity index is 1.67. The predicted molar refractivity (Wildman–Crippen MR) is 106 cm³/mol. The summed E-state index contributed by atoms with van der Waals surface area (Å²) in [6.07, 6.45) is 0. The second-order valence-corrected chi connectivity index (χ2v) is 6.55. The van der Waals surface area contributed by atoms with E-state index in [1.165, 1.54) is 0 Å². The zero-order valence-corrected chi connectivity index (χ0v) is 15.6. The van der Waals surface area contributed by atoms with Gasteiger partial charge in [0.2, 0.25) is 0 Å². The van der Waals surface area contributed by atoms with Crippen LogP contribution in [0, 0.1) is 20.8 Å². The number of carbonyl (C=O) groups excluding carboxylic acids is 2. The third-order valence-electron chi connectivity index (χ3n) is 4.26. The molecule has 1 amide bonds. The number of hydrogen-bond donors (Lipinski definition) is 1. The highest BCUT2D eigenvalue weighted by atomic mass is 16.5. The van der Waals surface area contributed by atoms with Crippen molar-refractivity contribution in [2.45, 2.75) is 20.8 Å². The minimum Gasteiger partial charge on any atom is -0.423 e. The first-order valence-corrected chi connectivity index (χ1v) is 8.70. The molecule has 0 atom stereocenters. The van der Waals surface area contributed by atoms with E-state index in [1.54, 1.807) is 36.4 Å². The maximum atomic E-state index is 12.4. The lowest BCUT2D eigenvalue weighted by atomic mass is 10.1. The second-order valence-electron chi connectivity index (χ2n) is 6.55. The molecular formula is C23H21NO3. The molecule has 0 fully saturated rings. The normalized spacial score (nSPS) is 10.3. The highest BCUT2D eigenvalue weighted by Gasteiger charge is 2.11. The van der Waals surface area contributed by atoms with Crippen LogP contribution in [0.1, 0.15) is 37.4 Å². The van der Waals surface area contributed by atoms with Crippen molar-refractivity contribution in [1.82, 2.24) is 0 Å². The molecule has 3 rings (SSSR count). The van der Waals surface area contributed by atoms with Gasteiger partial charge in [0, 0.05) is 11.3 Å². The first-order valence-electron chi connectivity index (χ1n) is 8.70. The SMILES string of the molecule is Cc1ccc(C(=O)Oc2ccc(C(=O)Nc3cc(C)ccc3C)cc2)cc1. The summed E-state index contributed by atoms with van der Waals surface area (Å²) in [5.74, 6) is -0.244. The minimum atomic E-state index is -0.428. The third kappa shape index (κ3) is 4.61. The quantitative estimate of drug-likeness (QED) is 0.522. The summed E-state index contributed by atoms with van der Waals surface area (Å²) < 4.78 is 5.36. The lowest BCUT2D eigenvalue weighted by Gasteiger charge is -2.10. The molecule has 0 saturated heterocycles. The number of carbonyl (C=O) groups is 2. The topological polar surface area (TPSA) is 55.4 Å². The van der Waals surface area contributed by atoms with Crippen molar-refractivity contribution in [3.05, 3.63) is 94.5 Å². The molecule has 1 N–H and O–H groups in total. The van der Waals surface area contributed by atoms with Crippen molar-refractivity contribution in [1.29, 1.82) is 0 Å². The molecule has 0 aliphatic carbocycles. The number of amides is 1. The first kappa shape index (κ1) is 18.4. The Kier molecular flexibility index (Phi) is 5.36. The van der Waals surface area contributed by atoms with Crippen molar-refractivity contribution in [2.75, 3.05) is 5.32 Å². The average molecular weight is 359 g/mol. The largest absolute Gasteiger partial charge is 0.423 e. The van der Waals surface area contributed by atoms with Gasteiger partial charge in [-0.3, -0.25) is 4.79 Å². The number of benzene rings is 3. The van der Waals surface area contributed by atoms with Gasteiger partial charge < -0.3 is 10.1 Å². The Morgan fingerprint density at radius 1 is 0.741 bits per heavy atom. The summed E-state index contributed by atoms with van der Waals surface area (Å²) in [7, 11) is 0. The second kappa shape index (κ2) is 7.87. The van der Waals surface area contributed by atoms with Crippen LogP contribution in [-0.4, -0.2) is 11.9 Å². The molecule has 0 aliphatic rings. The van der Waals surface area contributed by atoms with E-state index >= 15 is 0 Å². The molecule has 136 valence electrons.